The third-order valence-electron chi connectivity index (χ3n) is 4.82. The first kappa shape index (κ1) is 30.2. The van der Waals surface area contributed by atoms with Gasteiger partial charge in [-0.1, -0.05) is 12.1 Å². The van der Waals surface area contributed by atoms with E-state index in [4.69, 9.17) is 15.9 Å². The lowest BCUT2D eigenvalue weighted by atomic mass is 10.0. The van der Waals surface area contributed by atoms with E-state index < -0.39 is 79.1 Å². The van der Waals surface area contributed by atoms with E-state index in [9.17, 15) is 39.0 Å². The molecule has 0 radical (unpaired) electrons. The minimum Gasteiger partial charge on any atom is -0.508 e. The third kappa shape index (κ3) is 10.6. The summed E-state index contributed by atoms with van der Waals surface area (Å²) < 4.78 is 0. The Bertz CT molecular complexity index is 972. The van der Waals surface area contributed by atoms with Crippen LogP contribution in [0.3, 0.4) is 0 Å². The van der Waals surface area contributed by atoms with E-state index in [1.54, 1.807) is 0 Å². The number of rotatable bonds is 15. The van der Waals surface area contributed by atoms with Gasteiger partial charge in [0.2, 0.25) is 17.7 Å². The molecule has 0 aromatic heterocycles. The van der Waals surface area contributed by atoms with Crippen LogP contribution >= 0.6 is 12.6 Å². The molecule has 0 aliphatic carbocycles. The lowest BCUT2D eigenvalue weighted by Crippen LogP contribution is -2.57. The van der Waals surface area contributed by atoms with E-state index in [1.807, 2.05) is 0 Å². The summed E-state index contributed by atoms with van der Waals surface area (Å²) in [6.45, 7) is 0. The third-order valence-corrected chi connectivity index (χ3v) is 5.21. The highest BCUT2D eigenvalue weighted by atomic mass is 32.1. The molecule has 9 N–H and O–H groups in total. The van der Waals surface area contributed by atoms with Gasteiger partial charge in [-0.3, -0.25) is 24.0 Å². The highest BCUT2D eigenvalue weighted by Gasteiger charge is 2.31. The predicted octanol–water partition coefficient (Wildman–Crippen LogP) is -1.93. The Labute approximate surface area is 210 Å². The van der Waals surface area contributed by atoms with Gasteiger partial charge in [-0.25, -0.2) is 4.79 Å². The van der Waals surface area contributed by atoms with Gasteiger partial charge in [0.05, 0.1) is 12.5 Å². The van der Waals surface area contributed by atoms with E-state index in [0.29, 0.717) is 5.56 Å². The van der Waals surface area contributed by atoms with Crippen LogP contribution in [0.25, 0.3) is 0 Å². The van der Waals surface area contributed by atoms with Gasteiger partial charge < -0.3 is 42.1 Å². The maximum absolute atomic E-state index is 12.8. The number of nitrogens with two attached hydrogens (primary N) is 1. The van der Waals surface area contributed by atoms with Crippen LogP contribution in [-0.4, -0.2) is 86.0 Å². The quantitative estimate of drug-likeness (QED) is 0.113. The van der Waals surface area contributed by atoms with Gasteiger partial charge in [0.25, 0.3) is 0 Å². The number of hydrogen-bond donors (Lipinski definition) is 9. The van der Waals surface area contributed by atoms with Crippen LogP contribution in [0.4, 0.5) is 0 Å². The van der Waals surface area contributed by atoms with Gasteiger partial charge in [0.15, 0.2) is 0 Å². The van der Waals surface area contributed by atoms with Crippen molar-refractivity contribution >= 4 is 48.3 Å². The first-order valence-corrected chi connectivity index (χ1v) is 11.2. The minimum atomic E-state index is -1.66. The summed E-state index contributed by atoms with van der Waals surface area (Å²) in [5.41, 5.74) is 5.97. The molecule has 0 spiro atoms. The number of aromatic hydroxyl groups is 1. The first-order valence-electron chi connectivity index (χ1n) is 10.6. The van der Waals surface area contributed by atoms with E-state index in [1.165, 1.54) is 24.3 Å². The average Bonchev–Trinajstić information content (AvgIpc) is 2.80. The largest absolute Gasteiger partial charge is 0.508 e. The van der Waals surface area contributed by atoms with E-state index in [2.05, 4.69) is 28.6 Å². The highest BCUT2D eigenvalue weighted by molar-refractivity contribution is 7.80. The van der Waals surface area contributed by atoms with Crippen molar-refractivity contribution < 1.29 is 49.2 Å². The molecule has 15 heteroatoms. The number of thiol groups is 1. The molecule has 1 aromatic rings. The molecule has 36 heavy (non-hydrogen) atoms. The Hall–Kier alpha value is -3.85. The molecule has 3 amide bonds. The van der Waals surface area contributed by atoms with Crippen LogP contribution in [0.2, 0.25) is 0 Å². The first-order chi connectivity index (χ1) is 16.8. The highest BCUT2D eigenvalue weighted by Crippen LogP contribution is 2.12. The van der Waals surface area contributed by atoms with Crippen molar-refractivity contribution in [1.29, 1.82) is 0 Å². The summed E-state index contributed by atoms with van der Waals surface area (Å²) in [5.74, 6) is -7.37. The van der Waals surface area contributed by atoms with Crippen molar-refractivity contribution in [2.75, 3.05) is 5.75 Å². The standard InChI is InChI=1S/C21H28N4O10S/c22-12(9-36)18(31)24-14(8-17(29)30)20(33)23-13(5-6-16(27)28)19(32)25-15(21(34)35)7-10-1-3-11(26)4-2-10/h1-4,12-15,26,36H,5-9,22H2,(H,23,33)(H,24,31)(H,25,32)(H,27,28)(H,29,30)(H,34,35). The molecule has 0 heterocycles. The predicted molar refractivity (Wildman–Crippen MR) is 126 cm³/mol. The molecule has 0 fully saturated rings. The van der Waals surface area contributed by atoms with Crippen molar-refractivity contribution in [3.8, 4) is 5.75 Å². The molecule has 4 atom stereocenters. The topological polar surface area (TPSA) is 245 Å². The molecule has 0 saturated carbocycles. The zero-order valence-corrected chi connectivity index (χ0v) is 19.8. The van der Waals surface area contributed by atoms with E-state index >= 15 is 0 Å². The number of nitrogens with one attached hydrogen (secondary N) is 3. The molecule has 198 valence electrons. The van der Waals surface area contributed by atoms with Gasteiger partial charge in [0, 0.05) is 18.6 Å². The maximum atomic E-state index is 12.8. The smallest absolute Gasteiger partial charge is 0.326 e. The zero-order chi connectivity index (χ0) is 27.4. The lowest BCUT2D eigenvalue weighted by Gasteiger charge is -2.24. The fourth-order valence-corrected chi connectivity index (χ4v) is 3.06. The normalized spacial score (nSPS) is 13.9. The van der Waals surface area contributed by atoms with Crippen LogP contribution in [0.1, 0.15) is 24.8 Å². The van der Waals surface area contributed by atoms with Gasteiger partial charge in [-0.05, 0) is 24.1 Å². The Balaban J connectivity index is 3.05. The summed E-state index contributed by atoms with van der Waals surface area (Å²) in [6.07, 6.45) is -2.11. The number of carbonyl (C=O) groups excluding carboxylic acids is 3. The van der Waals surface area contributed by atoms with E-state index in [-0.39, 0.29) is 17.9 Å². The van der Waals surface area contributed by atoms with E-state index in [0.717, 1.165) is 0 Å². The summed E-state index contributed by atoms with van der Waals surface area (Å²) in [6, 6.07) is -0.333. The fourth-order valence-electron chi connectivity index (χ4n) is 2.89. The number of benzene rings is 1. The van der Waals surface area contributed by atoms with Gasteiger partial charge >= 0.3 is 17.9 Å². The number of hydrogen-bond acceptors (Lipinski definition) is 9. The molecule has 0 aliphatic heterocycles. The second-order valence-electron chi connectivity index (χ2n) is 7.71. The van der Waals surface area contributed by atoms with Crippen molar-refractivity contribution in [2.24, 2.45) is 5.73 Å². The van der Waals surface area contributed by atoms with Crippen LogP contribution in [0, 0.1) is 0 Å². The minimum absolute atomic E-state index is 0.0514. The second-order valence-corrected chi connectivity index (χ2v) is 8.08. The molecule has 0 saturated heterocycles. The van der Waals surface area contributed by atoms with Crippen LogP contribution in [0.15, 0.2) is 24.3 Å². The Kier molecular flexibility index (Phi) is 12.2. The van der Waals surface area contributed by atoms with Gasteiger partial charge in [-0.15, -0.1) is 0 Å². The monoisotopic (exact) mass is 528 g/mol. The molecule has 4 unspecified atom stereocenters. The van der Waals surface area contributed by atoms with Gasteiger partial charge in [0.1, 0.15) is 23.9 Å². The average molecular weight is 529 g/mol. The van der Waals surface area contributed by atoms with Crippen LogP contribution in [0.5, 0.6) is 5.75 Å². The lowest BCUT2D eigenvalue weighted by molar-refractivity contribution is -0.143. The number of carboxylic acids is 3. The summed E-state index contributed by atoms with van der Waals surface area (Å²) in [4.78, 5) is 71.4. The van der Waals surface area contributed by atoms with Crippen molar-refractivity contribution in [3.63, 3.8) is 0 Å². The Morgan fingerprint density at radius 2 is 1.33 bits per heavy atom. The maximum Gasteiger partial charge on any atom is 0.326 e. The van der Waals surface area contributed by atoms with Crippen molar-refractivity contribution in [3.05, 3.63) is 29.8 Å². The summed E-state index contributed by atoms with van der Waals surface area (Å²) >= 11 is 3.85. The van der Waals surface area contributed by atoms with Crippen molar-refractivity contribution in [2.45, 2.75) is 49.9 Å². The number of aliphatic carboxylic acids is 3. The SMILES string of the molecule is NC(CS)C(=O)NC(CC(=O)O)C(=O)NC(CCC(=O)O)C(=O)NC(Cc1ccc(O)cc1)C(=O)O. The molecule has 1 rings (SSSR count). The molecule has 1 aromatic carbocycles. The zero-order valence-electron chi connectivity index (χ0n) is 18.9. The van der Waals surface area contributed by atoms with Crippen LogP contribution in [-0.2, 0) is 35.2 Å². The van der Waals surface area contributed by atoms with Gasteiger partial charge in [-0.2, -0.15) is 12.6 Å². The van der Waals surface area contributed by atoms with Crippen LogP contribution < -0.4 is 21.7 Å². The molecular formula is C21H28N4O10S. The number of phenols is 1. The molecule has 0 bridgehead atoms. The number of carboxylic acid groups (broad SMARTS) is 3. The number of amides is 3. The number of phenolic OH excluding ortho intramolecular Hbond substituents is 1. The molecular weight excluding hydrogens is 500 g/mol. The number of carbonyl (C=O) groups is 6. The summed E-state index contributed by atoms with van der Waals surface area (Å²) in [7, 11) is 0. The Morgan fingerprint density at radius 1 is 0.806 bits per heavy atom. The fraction of sp³-hybridized carbons (Fsp3) is 0.429. The second kappa shape index (κ2) is 14.5. The Morgan fingerprint density at radius 3 is 1.83 bits per heavy atom. The molecule has 0 aliphatic rings. The molecule has 14 nitrogen and oxygen atoms in total. The van der Waals surface area contributed by atoms with Crippen molar-refractivity contribution in [1.82, 2.24) is 16.0 Å². The summed E-state index contributed by atoms with van der Waals surface area (Å²) in [5, 5.41) is 43.5.